The van der Waals surface area contributed by atoms with Gasteiger partial charge in [0.15, 0.2) is 0 Å². The van der Waals surface area contributed by atoms with Crippen molar-refractivity contribution in [1.29, 1.82) is 0 Å². The maximum absolute atomic E-state index is 12.2. The molecule has 0 spiro atoms. The van der Waals surface area contributed by atoms with E-state index in [-0.39, 0.29) is 5.91 Å². The molecule has 124 valence electrons. The Morgan fingerprint density at radius 1 is 1.22 bits per heavy atom. The number of nitrogens with zero attached hydrogens (tertiary/aromatic N) is 2. The van der Waals surface area contributed by atoms with Crippen LogP contribution >= 0.6 is 0 Å². The van der Waals surface area contributed by atoms with Gasteiger partial charge in [0.1, 0.15) is 5.69 Å². The van der Waals surface area contributed by atoms with Crippen molar-refractivity contribution in [2.45, 2.75) is 13.3 Å². The number of hydrogen-bond acceptors (Lipinski definition) is 3. The predicted octanol–water partition coefficient (Wildman–Crippen LogP) is 1.84. The Morgan fingerprint density at radius 2 is 2.00 bits per heavy atom. The van der Waals surface area contributed by atoms with Gasteiger partial charge in [-0.2, -0.15) is 0 Å². The highest BCUT2D eigenvalue weighted by Gasteiger charge is 2.13. The van der Waals surface area contributed by atoms with Crippen LogP contribution in [0.25, 0.3) is 10.9 Å². The van der Waals surface area contributed by atoms with Crippen LogP contribution in [0, 0.1) is 6.92 Å². The molecular formula is C18H26N4O. The van der Waals surface area contributed by atoms with Crippen molar-refractivity contribution in [3.63, 3.8) is 0 Å². The highest BCUT2D eigenvalue weighted by atomic mass is 16.1. The van der Waals surface area contributed by atoms with Gasteiger partial charge in [-0.25, -0.2) is 0 Å². The molecule has 23 heavy (non-hydrogen) atoms. The molecule has 0 unspecified atom stereocenters. The highest BCUT2D eigenvalue weighted by Crippen LogP contribution is 2.16. The highest BCUT2D eigenvalue weighted by molar-refractivity contribution is 5.98. The van der Waals surface area contributed by atoms with Crippen LogP contribution in [0.4, 0.5) is 0 Å². The molecule has 0 atom stereocenters. The fraction of sp³-hybridized carbons (Fsp3) is 0.500. The van der Waals surface area contributed by atoms with Crippen molar-refractivity contribution in [1.82, 2.24) is 20.1 Å². The number of H-pyrrole nitrogens is 1. The van der Waals surface area contributed by atoms with Crippen molar-refractivity contribution >= 4 is 16.8 Å². The number of aromatic amines is 1. The summed E-state index contributed by atoms with van der Waals surface area (Å²) in [5, 5.41) is 4.10. The largest absolute Gasteiger partial charge is 0.351 e. The second-order valence-corrected chi connectivity index (χ2v) is 6.53. The summed E-state index contributed by atoms with van der Waals surface area (Å²) in [6.07, 6.45) is 0.995. The number of aryl methyl sites for hydroxylation is 1. The van der Waals surface area contributed by atoms with E-state index in [9.17, 15) is 4.79 Å². The van der Waals surface area contributed by atoms with Crippen molar-refractivity contribution in [2.75, 3.05) is 46.3 Å². The Hall–Kier alpha value is -1.85. The first kappa shape index (κ1) is 16.0. The van der Waals surface area contributed by atoms with Gasteiger partial charge < -0.3 is 20.1 Å². The van der Waals surface area contributed by atoms with Crippen molar-refractivity contribution in [3.05, 3.63) is 35.5 Å². The van der Waals surface area contributed by atoms with Crippen molar-refractivity contribution < 1.29 is 4.79 Å². The van der Waals surface area contributed by atoms with E-state index in [0.29, 0.717) is 5.69 Å². The molecule has 1 fully saturated rings. The summed E-state index contributed by atoms with van der Waals surface area (Å²) in [5.41, 5.74) is 2.86. The fourth-order valence-electron chi connectivity index (χ4n) is 3.03. The van der Waals surface area contributed by atoms with Crippen LogP contribution in [0.3, 0.4) is 0 Å². The van der Waals surface area contributed by atoms with E-state index in [1.165, 1.54) is 5.56 Å². The molecule has 1 saturated heterocycles. The molecule has 2 heterocycles. The van der Waals surface area contributed by atoms with Crippen LogP contribution in [-0.2, 0) is 0 Å². The van der Waals surface area contributed by atoms with E-state index in [4.69, 9.17) is 0 Å². The van der Waals surface area contributed by atoms with Crippen LogP contribution in [0.5, 0.6) is 0 Å². The summed E-state index contributed by atoms with van der Waals surface area (Å²) in [7, 11) is 2.17. The lowest BCUT2D eigenvalue weighted by Gasteiger charge is -2.32. The summed E-state index contributed by atoms with van der Waals surface area (Å²) in [6, 6.07) is 8.10. The number of aromatic nitrogens is 1. The fourth-order valence-corrected chi connectivity index (χ4v) is 3.03. The standard InChI is InChI=1S/C18H26N4O/c1-14-4-5-15-13-17(20-16(15)12-14)18(23)19-6-3-7-22-10-8-21(2)9-11-22/h4-5,12-13,20H,3,6-11H2,1-2H3,(H,19,23). The van der Waals surface area contributed by atoms with Crippen LogP contribution in [0.1, 0.15) is 22.5 Å². The molecule has 2 aromatic rings. The van der Waals surface area contributed by atoms with Crippen LogP contribution in [0.15, 0.2) is 24.3 Å². The molecule has 1 aromatic carbocycles. The lowest BCUT2D eigenvalue weighted by molar-refractivity contribution is 0.0945. The first-order valence-electron chi connectivity index (χ1n) is 8.40. The minimum Gasteiger partial charge on any atom is -0.351 e. The monoisotopic (exact) mass is 314 g/mol. The molecule has 0 radical (unpaired) electrons. The first-order valence-corrected chi connectivity index (χ1v) is 8.40. The Bertz CT molecular complexity index is 671. The van der Waals surface area contributed by atoms with E-state index in [1.807, 2.05) is 12.1 Å². The third-order valence-electron chi connectivity index (χ3n) is 4.56. The number of amides is 1. The summed E-state index contributed by atoms with van der Waals surface area (Å²) in [5.74, 6) is -0.0165. The molecule has 0 aliphatic carbocycles. The normalized spacial score (nSPS) is 16.8. The van der Waals surface area contributed by atoms with Gasteiger partial charge in [0.25, 0.3) is 5.91 Å². The van der Waals surface area contributed by atoms with Crippen LogP contribution in [0.2, 0.25) is 0 Å². The quantitative estimate of drug-likeness (QED) is 0.828. The smallest absolute Gasteiger partial charge is 0.267 e. The topological polar surface area (TPSA) is 51.4 Å². The van der Waals surface area contributed by atoms with Crippen molar-refractivity contribution in [3.8, 4) is 0 Å². The second-order valence-electron chi connectivity index (χ2n) is 6.53. The number of fused-ring (bicyclic) bond motifs is 1. The van der Waals surface area contributed by atoms with Gasteiger partial charge in [-0.3, -0.25) is 4.79 Å². The maximum Gasteiger partial charge on any atom is 0.267 e. The third kappa shape index (κ3) is 4.12. The Kier molecular flexibility index (Phi) is 4.98. The number of piperazine rings is 1. The maximum atomic E-state index is 12.2. The average molecular weight is 314 g/mol. The van der Waals surface area contributed by atoms with E-state index >= 15 is 0 Å². The zero-order chi connectivity index (χ0) is 16.2. The van der Waals surface area contributed by atoms with E-state index in [1.54, 1.807) is 0 Å². The van der Waals surface area contributed by atoms with E-state index in [2.05, 4.69) is 46.2 Å². The summed E-state index contributed by atoms with van der Waals surface area (Å²) < 4.78 is 0. The van der Waals surface area contributed by atoms with Gasteiger partial charge in [0.05, 0.1) is 0 Å². The molecule has 1 aliphatic rings. The van der Waals surface area contributed by atoms with Gasteiger partial charge in [-0.15, -0.1) is 0 Å². The zero-order valence-electron chi connectivity index (χ0n) is 14.1. The minimum absolute atomic E-state index is 0.0165. The molecule has 1 aliphatic heterocycles. The SMILES string of the molecule is Cc1ccc2cc(C(=O)NCCCN3CCN(C)CC3)[nH]c2c1. The van der Waals surface area contributed by atoms with Gasteiger partial charge >= 0.3 is 0 Å². The lowest BCUT2D eigenvalue weighted by Crippen LogP contribution is -2.45. The van der Waals surface area contributed by atoms with E-state index in [0.717, 1.165) is 56.6 Å². The summed E-state index contributed by atoms with van der Waals surface area (Å²) in [4.78, 5) is 20.3. The number of rotatable bonds is 5. The predicted molar refractivity (Wildman–Crippen MR) is 93.9 cm³/mol. The molecule has 3 rings (SSSR count). The number of nitrogens with one attached hydrogen (secondary N) is 2. The van der Waals surface area contributed by atoms with Gasteiger partial charge in [0.2, 0.25) is 0 Å². The molecule has 2 N–H and O–H groups in total. The Balaban J connectivity index is 1.45. The summed E-state index contributed by atoms with van der Waals surface area (Å²) in [6.45, 7) is 8.37. The Morgan fingerprint density at radius 3 is 2.78 bits per heavy atom. The first-order chi connectivity index (χ1) is 11.1. The molecule has 5 heteroatoms. The van der Waals surface area contributed by atoms with E-state index < -0.39 is 0 Å². The van der Waals surface area contributed by atoms with Gasteiger partial charge in [0, 0.05) is 43.6 Å². The van der Waals surface area contributed by atoms with Crippen LogP contribution < -0.4 is 5.32 Å². The van der Waals surface area contributed by atoms with Gasteiger partial charge in [-0.1, -0.05) is 12.1 Å². The van der Waals surface area contributed by atoms with Crippen molar-refractivity contribution in [2.24, 2.45) is 0 Å². The molecule has 1 amide bonds. The van der Waals surface area contributed by atoms with Crippen LogP contribution in [-0.4, -0.2) is 67.0 Å². The molecule has 1 aromatic heterocycles. The lowest BCUT2D eigenvalue weighted by atomic mass is 10.2. The number of hydrogen-bond donors (Lipinski definition) is 2. The molecule has 0 bridgehead atoms. The average Bonchev–Trinajstić information content (AvgIpc) is 2.96. The minimum atomic E-state index is -0.0165. The number of carbonyl (C=O) groups is 1. The molecular weight excluding hydrogens is 288 g/mol. The molecule has 0 saturated carbocycles. The number of carbonyl (C=O) groups excluding carboxylic acids is 1. The number of benzene rings is 1. The van der Waals surface area contributed by atoms with Gasteiger partial charge in [-0.05, 0) is 44.6 Å². The number of likely N-dealkylation sites (N-methyl/N-ethyl adjacent to an activating group) is 1. The summed E-state index contributed by atoms with van der Waals surface area (Å²) >= 11 is 0. The zero-order valence-corrected chi connectivity index (χ0v) is 14.1. The Labute approximate surface area is 137 Å². The third-order valence-corrected chi connectivity index (χ3v) is 4.56. The molecule has 5 nitrogen and oxygen atoms in total. The second kappa shape index (κ2) is 7.15.